The lowest BCUT2D eigenvalue weighted by molar-refractivity contribution is -0.275. The molecule has 1 N–H and O–H groups in total. The monoisotopic (exact) mass is 823 g/mol. The number of nitrogens with one attached hydrogen (secondary N) is 1. The van der Waals surface area contributed by atoms with E-state index in [1.165, 1.54) is 57.5 Å². The summed E-state index contributed by atoms with van der Waals surface area (Å²) in [5.74, 6) is -2.24. The average molecular weight is 824 g/mol. The van der Waals surface area contributed by atoms with Crippen molar-refractivity contribution in [2.75, 3.05) is 32.6 Å². The maximum atomic E-state index is 15.4. The Morgan fingerprint density at radius 2 is 1.49 bits per heavy atom. The summed E-state index contributed by atoms with van der Waals surface area (Å²) in [5, 5.41) is 3.31. The Kier molecular flexibility index (Phi) is 11.7. The Labute approximate surface area is 332 Å². The number of hydrogen-bond acceptors (Lipinski definition) is 9. The number of halogens is 4. The number of sulfonamides is 1. The molecule has 2 atom stereocenters. The van der Waals surface area contributed by atoms with Gasteiger partial charge in [-0.05, 0) is 66.1 Å². The van der Waals surface area contributed by atoms with Crippen molar-refractivity contribution in [3.63, 3.8) is 0 Å². The molecule has 0 aromatic heterocycles. The van der Waals surface area contributed by atoms with Crippen LogP contribution >= 0.6 is 11.6 Å². The van der Waals surface area contributed by atoms with E-state index >= 15 is 4.79 Å². The highest BCUT2D eigenvalue weighted by atomic mass is 35.5. The zero-order chi connectivity index (χ0) is 41.1. The summed E-state index contributed by atoms with van der Waals surface area (Å²) in [6, 6.07) is 28.3. The van der Waals surface area contributed by atoms with E-state index in [1.807, 2.05) is 30.3 Å². The Morgan fingerprint density at radius 3 is 2.14 bits per heavy atom. The molecular formula is C41H37ClF3N3O8S. The van der Waals surface area contributed by atoms with Crippen LogP contribution in [-0.4, -0.2) is 65.9 Å². The molecule has 1 aliphatic rings. The fourth-order valence-electron chi connectivity index (χ4n) is 6.64. The number of fused-ring (bicyclic) bond motifs is 1. The number of alkyl halides is 3. The van der Waals surface area contributed by atoms with Crippen LogP contribution < -0.4 is 28.6 Å². The van der Waals surface area contributed by atoms with Crippen LogP contribution in [0.2, 0.25) is 5.02 Å². The quantitative estimate of drug-likeness (QED) is 0.125. The maximum Gasteiger partial charge on any atom is 0.573 e. The fraction of sp³-hybridized carbons (Fsp3) is 0.220. The lowest BCUT2D eigenvalue weighted by Crippen LogP contribution is -2.59. The molecule has 0 bridgehead atoms. The molecule has 0 saturated carbocycles. The molecule has 0 saturated heterocycles. The second-order valence-corrected chi connectivity index (χ2v) is 15.3. The number of para-hydroxylation sites is 1. The molecule has 2 amide bonds. The molecule has 5 aromatic carbocycles. The van der Waals surface area contributed by atoms with E-state index in [4.69, 9.17) is 25.8 Å². The minimum atomic E-state index is -5.31. The highest BCUT2D eigenvalue weighted by molar-refractivity contribution is 7.93. The van der Waals surface area contributed by atoms with Crippen LogP contribution in [0.5, 0.6) is 23.0 Å². The van der Waals surface area contributed by atoms with Gasteiger partial charge in [0.1, 0.15) is 28.8 Å². The molecule has 298 valence electrons. The third-order valence-electron chi connectivity index (χ3n) is 9.23. The lowest BCUT2D eigenvalue weighted by Gasteiger charge is -2.36. The maximum absolute atomic E-state index is 15.4. The van der Waals surface area contributed by atoms with E-state index < -0.39 is 50.4 Å². The van der Waals surface area contributed by atoms with Gasteiger partial charge in [-0.15, -0.1) is 13.2 Å². The van der Waals surface area contributed by atoms with Crippen LogP contribution in [0.15, 0.2) is 120 Å². The molecule has 1 unspecified atom stereocenters. The Morgan fingerprint density at radius 1 is 0.825 bits per heavy atom. The van der Waals surface area contributed by atoms with Gasteiger partial charge in [0.05, 0.1) is 25.9 Å². The summed E-state index contributed by atoms with van der Waals surface area (Å²) in [7, 11) is 0.345. The van der Waals surface area contributed by atoms with Crippen molar-refractivity contribution < 1.29 is 50.1 Å². The van der Waals surface area contributed by atoms with Crippen LogP contribution in [0.1, 0.15) is 22.3 Å². The number of anilines is 1. The Bertz CT molecular complexity index is 2380. The largest absolute Gasteiger partial charge is 0.573 e. The highest BCUT2D eigenvalue weighted by Gasteiger charge is 2.59. The van der Waals surface area contributed by atoms with Crippen LogP contribution in [0.25, 0.3) is 0 Å². The van der Waals surface area contributed by atoms with E-state index in [0.29, 0.717) is 22.2 Å². The molecular weight excluding hydrogens is 787 g/mol. The predicted molar refractivity (Wildman–Crippen MR) is 206 cm³/mol. The van der Waals surface area contributed by atoms with E-state index in [-0.39, 0.29) is 39.8 Å². The summed E-state index contributed by atoms with van der Waals surface area (Å²) in [4.78, 5) is 29.8. The van der Waals surface area contributed by atoms with Crippen molar-refractivity contribution >= 4 is 39.1 Å². The van der Waals surface area contributed by atoms with Crippen molar-refractivity contribution in [3.8, 4) is 23.0 Å². The van der Waals surface area contributed by atoms with Gasteiger partial charge in [-0.3, -0.25) is 14.9 Å². The molecule has 16 heteroatoms. The Balaban J connectivity index is 1.49. The summed E-state index contributed by atoms with van der Waals surface area (Å²) < 4.78 is 91.7. The highest BCUT2D eigenvalue weighted by Crippen LogP contribution is 2.51. The average Bonchev–Trinajstić information content (AvgIpc) is 3.43. The third-order valence-corrected chi connectivity index (χ3v) is 11.2. The summed E-state index contributed by atoms with van der Waals surface area (Å²) in [6.45, 7) is 0.328. The van der Waals surface area contributed by atoms with Crippen molar-refractivity contribution in [2.24, 2.45) is 0 Å². The topological polar surface area (TPSA) is 124 Å². The zero-order valence-electron chi connectivity index (χ0n) is 31.0. The van der Waals surface area contributed by atoms with Crippen LogP contribution in [0.3, 0.4) is 0 Å². The number of benzene rings is 5. The number of methoxy groups -OCH3 is 2. The summed E-state index contributed by atoms with van der Waals surface area (Å²) in [5.41, 5.74) is -0.766. The Hall–Kier alpha value is -5.77. The van der Waals surface area contributed by atoms with Crippen LogP contribution in [0.4, 0.5) is 18.9 Å². The molecule has 57 heavy (non-hydrogen) atoms. The van der Waals surface area contributed by atoms with Gasteiger partial charge in [-0.1, -0.05) is 72.3 Å². The van der Waals surface area contributed by atoms with Gasteiger partial charge in [0.15, 0.2) is 11.3 Å². The number of likely N-dealkylation sites (N-methyl/N-ethyl adjacent to an activating group) is 1. The van der Waals surface area contributed by atoms with Crippen molar-refractivity contribution in [2.45, 2.75) is 35.9 Å². The lowest BCUT2D eigenvalue weighted by atomic mass is 9.81. The number of carbonyl (C=O) groups is 2. The van der Waals surface area contributed by atoms with E-state index in [2.05, 4.69) is 10.1 Å². The number of carbonyl (C=O) groups excluding carboxylic acids is 2. The van der Waals surface area contributed by atoms with Gasteiger partial charge >= 0.3 is 6.36 Å². The van der Waals surface area contributed by atoms with Gasteiger partial charge in [0.2, 0.25) is 5.91 Å². The van der Waals surface area contributed by atoms with Crippen LogP contribution in [-0.2, 0) is 38.2 Å². The predicted octanol–water partition coefficient (Wildman–Crippen LogP) is 7.10. The van der Waals surface area contributed by atoms with Crippen molar-refractivity contribution in [1.29, 1.82) is 0 Å². The standard InChI is InChI=1S/C41H37ClF3N3O8S/c1-47(2)38(49)33(22-26-14-17-29(18-15-26)55-25-27-10-6-5-7-11-27)46-40(31-12-8-9-13-35(31)54-4)32-23-28(42)16-20-34(32)48(39(40)50)57(51,52)37-21-19-30(53-3)24-36(37)56-41(43,44)45/h5-21,23-24,33,46H,22,25H2,1-4H3/t33-,40?/m0/s1. The molecule has 5 aromatic rings. The van der Waals surface area contributed by atoms with Gasteiger partial charge in [0, 0.05) is 36.3 Å². The second kappa shape index (κ2) is 16.4. The summed E-state index contributed by atoms with van der Waals surface area (Å²) >= 11 is 6.54. The number of nitrogens with zero attached hydrogens (tertiary/aromatic N) is 2. The first-order valence-corrected chi connectivity index (χ1v) is 19.1. The van der Waals surface area contributed by atoms with Crippen molar-refractivity contribution in [3.05, 3.63) is 143 Å². The molecule has 0 spiro atoms. The zero-order valence-corrected chi connectivity index (χ0v) is 32.6. The van der Waals surface area contributed by atoms with E-state index in [0.717, 1.165) is 23.8 Å². The van der Waals surface area contributed by atoms with E-state index in [1.54, 1.807) is 42.5 Å². The minimum Gasteiger partial charge on any atom is -0.497 e. The SMILES string of the molecule is COc1ccc(S(=O)(=O)N2C(=O)C(N[C@@H](Cc3ccc(OCc4ccccc4)cc3)C(=O)N(C)C)(c3ccccc3OC)c3cc(Cl)ccc32)c(OC(F)(F)F)c1. The van der Waals surface area contributed by atoms with Crippen molar-refractivity contribution in [1.82, 2.24) is 10.2 Å². The first kappa shape index (κ1) is 40.9. The molecule has 0 radical (unpaired) electrons. The molecule has 1 aliphatic heterocycles. The van der Waals surface area contributed by atoms with Crippen LogP contribution in [0, 0.1) is 0 Å². The first-order valence-electron chi connectivity index (χ1n) is 17.3. The fourth-order valence-corrected chi connectivity index (χ4v) is 8.37. The first-order chi connectivity index (χ1) is 27.1. The van der Waals surface area contributed by atoms with E-state index in [9.17, 15) is 26.4 Å². The molecule has 1 heterocycles. The van der Waals surface area contributed by atoms with Gasteiger partial charge in [-0.25, -0.2) is 12.7 Å². The second-order valence-electron chi connectivity index (χ2n) is 13.1. The smallest absolute Gasteiger partial charge is 0.497 e. The number of amides is 2. The molecule has 0 fully saturated rings. The molecule has 0 aliphatic carbocycles. The number of ether oxygens (including phenoxy) is 4. The number of hydrogen-bond donors (Lipinski definition) is 1. The molecule has 11 nitrogen and oxygen atoms in total. The number of rotatable bonds is 14. The third kappa shape index (κ3) is 8.36. The van der Waals surface area contributed by atoms with Gasteiger partial charge in [0.25, 0.3) is 15.9 Å². The normalized spacial score (nSPS) is 15.8. The summed E-state index contributed by atoms with van der Waals surface area (Å²) in [6.07, 6.45) is -5.32. The minimum absolute atomic E-state index is 0.00907. The van der Waals surface area contributed by atoms with Gasteiger partial charge < -0.3 is 23.8 Å². The molecule has 6 rings (SSSR count). The van der Waals surface area contributed by atoms with Gasteiger partial charge in [-0.2, -0.15) is 0 Å².